The van der Waals surface area contributed by atoms with Crippen LogP contribution in [0, 0.1) is 73.9 Å². The zero-order valence-corrected chi connectivity index (χ0v) is 35.6. The summed E-state index contributed by atoms with van der Waals surface area (Å²) in [5, 5.41) is 35.9. The summed E-state index contributed by atoms with van der Waals surface area (Å²) < 4.78 is 6.41. The molecule has 0 radical (unpaired) electrons. The Morgan fingerprint density at radius 2 is 1.69 bits per heavy atom. The van der Waals surface area contributed by atoms with E-state index in [0.29, 0.717) is 30.7 Å². The molecule has 1 aliphatic heterocycles. The van der Waals surface area contributed by atoms with Crippen molar-refractivity contribution in [1.82, 2.24) is 4.90 Å². The molecule has 308 valence electrons. The SMILES string of the molecule is CC(C)C1=C2C3CC[C@]4(N)C5(C)CCC(OC(O)CC(C)(C)C(=O)O)C(C)(C)CC5CCC4(C)[C@]3(C)CCC2(C([O-])CN2CC3C=CC4CC4C3C2)CC1=O. The third kappa shape index (κ3) is 5.74. The van der Waals surface area contributed by atoms with Gasteiger partial charge in [-0.1, -0.05) is 66.2 Å². The van der Waals surface area contributed by atoms with Crippen LogP contribution < -0.4 is 10.8 Å². The van der Waals surface area contributed by atoms with Crippen molar-refractivity contribution >= 4 is 11.8 Å². The Morgan fingerprint density at radius 1 is 0.982 bits per heavy atom. The first-order valence-electron chi connectivity index (χ1n) is 22.2. The van der Waals surface area contributed by atoms with Crippen LogP contribution in [0.5, 0.6) is 0 Å². The first kappa shape index (κ1) is 40.2. The molecule has 4 N–H and O–H groups in total. The van der Waals surface area contributed by atoms with Gasteiger partial charge in [0.25, 0.3) is 0 Å². The molecule has 0 bridgehead atoms. The number of nitrogens with zero attached hydrogens (tertiary/aromatic N) is 1. The van der Waals surface area contributed by atoms with Crippen molar-refractivity contribution in [3.63, 3.8) is 0 Å². The molecule has 7 aliphatic carbocycles. The average molecular weight is 762 g/mol. The highest BCUT2D eigenvalue weighted by Gasteiger charge is 2.73. The van der Waals surface area contributed by atoms with Gasteiger partial charge in [0.15, 0.2) is 12.1 Å². The van der Waals surface area contributed by atoms with Gasteiger partial charge in [0.05, 0.1) is 11.5 Å². The number of nitrogens with two attached hydrogens (primary N) is 1. The van der Waals surface area contributed by atoms with Crippen LogP contribution in [0.15, 0.2) is 23.3 Å². The van der Waals surface area contributed by atoms with Crippen LogP contribution in [0.25, 0.3) is 0 Å². The van der Waals surface area contributed by atoms with Crippen LogP contribution in [0.1, 0.15) is 139 Å². The summed E-state index contributed by atoms with van der Waals surface area (Å²) in [5.41, 5.74) is 7.45. The molecule has 1 heterocycles. The number of carboxylic acids is 1. The number of aliphatic hydroxyl groups excluding tert-OH is 1. The molecule has 6 fully saturated rings. The van der Waals surface area contributed by atoms with Gasteiger partial charge in [0.2, 0.25) is 0 Å². The summed E-state index contributed by atoms with van der Waals surface area (Å²) in [6.45, 7) is 22.1. The van der Waals surface area contributed by atoms with Crippen LogP contribution in [-0.4, -0.2) is 70.5 Å². The van der Waals surface area contributed by atoms with E-state index in [4.69, 9.17) is 10.5 Å². The van der Waals surface area contributed by atoms with E-state index in [9.17, 15) is 19.8 Å². The molecule has 0 aromatic carbocycles. The summed E-state index contributed by atoms with van der Waals surface area (Å²) in [4.78, 5) is 28.6. The highest BCUT2D eigenvalue weighted by molar-refractivity contribution is 6.00. The van der Waals surface area contributed by atoms with E-state index in [1.165, 1.54) is 12.0 Å². The molecular weight excluding hydrogens is 689 g/mol. The quantitative estimate of drug-likeness (QED) is 0.167. The van der Waals surface area contributed by atoms with Crippen molar-refractivity contribution in [2.45, 2.75) is 163 Å². The van der Waals surface area contributed by atoms with Gasteiger partial charge in [0, 0.05) is 31.5 Å². The average Bonchev–Trinajstić information content (AvgIpc) is 3.69. The zero-order valence-electron chi connectivity index (χ0n) is 35.6. The second-order valence-corrected chi connectivity index (χ2v) is 22.9. The number of hydrogen-bond donors (Lipinski definition) is 3. The van der Waals surface area contributed by atoms with E-state index in [1.807, 2.05) is 0 Å². The van der Waals surface area contributed by atoms with Gasteiger partial charge in [0.1, 0.15) is 0 Å². The van der Waals surface area contributed by atoms with Gasteiger partial charge in [-0.3, -0.25) is 9.59 Å². The van der Waals surface area contributed by atoms with E-state index in [2.05, 4.69) is 65.5 Å². The number of rotatable bonds is 9. The molecule has 8 rings (SSSR count). The second kappa shape index (κ2) is 13.0. The van der Waals surface area contributed by atoms with Gasteiger partial charge in [-0.25, -0.2) is 0 Å². The summed E-state index contributed by atoms with van der Waals surface area (Å²) >= 11 is 0. The smallest absolute Gasteiger partial charge is 0.309 e. The molecule has 14 atom stereocenters. The van der Waals surface area contributed by atoms with Crippen molar-refractivity contribution in [1.29, 1.82) is 0 Å². The maximum Gasteiger partial charge on any atom is 0.309 e. The Bertz CT molecular complexity index is 1650. The van der Waals surface area contributed by atoms with Gasteiger partial charge in [-0.05, 0) is 159 Å². The predicted molar refractivity (Wildman–Crippen MR) is 212 cm³/mol. The predicted octanol–water partition coefficient (Wildman–Crippen LogP) is 7.13. The van der Waals surface area contributed by atoms with Crippen molar-refractivity contribution in [2.24, 2.45) is 79.6 Å². The Labute approximate surface area is 331 Å². The number of carbonyl (C=O) groups excluding carboxylic acids is 1. The largest absolute Gasteiger partial charge is 0.850 e. The molecule has 8 nitrogen and oxygen atoms in total. The molecule has 5 saturated carbocycles. The van der Waals surface area contributed by atoms with Gasteiger partial charge < -0.3 is 30.7 Å². The number of ether oxygens (including phenoxy) is 1. The molecular formula is C47H73N2O6-. The van der Waals surface area contributed by atoms with E-state index >= 15 is 5.11 Å². The van der Waals surface area contributed by atoms with Crippen LogP contribution >= 0.6 is 0 Å². The molecule has 1 saturated heterocycles. The molecule has 0 spiro atoms. The number of aliphatic hydroxyl groups is 1. The normalized spacial score (nSPS) is 47.2. The standard InChI is InChI=1S/C47H73N2O6/c1-27(2)38-34(50)22-46(35(51)26-49-24-29-11-10-28-20-31(28)32(29)25-49)19-18-44(8)33(39(38)46)13-17-47(48)43(7)15-14-36(55-37(52)23-42(5,6)40(53)54)41(3,4)21-30(43)12-16-45(44,47)9/h10-11,27-33,35-37,52H,12-26,48H2,1-9H3,(H,53,54)/q-1/t28?,29?,30?,31?,32?,33?,35?,36?,37?,43?,44-,45?,46?,47+/m1/s1. The van der Waals surface area contributed by atoms with E-state index in [-0.39, 0.29) is 51.8 Å². The van der Waals surface area contributed by atoms with Crippen LogP contribution in [0.4, 0.5) is 0 Å². The molecule has 12 unspecified atom stereocenters. The lowest BCUT2D eigenvalue weighted by molar-refractivity contribution is -0.448. The van der Waals surface area contributed by atoms with E-state index in [1.54, 1.807) is 13.8 Å². The fraction of sp³-hybridized carbons (Fsp3) is 0.872. The maximum absolute atomic E-state index is 15.1. The molecule has 8 heteroatoms. The minimum atomic E-state index is -1.16. The second-order valence-electron chi connectivity index (χ2n) is 22.9. The minimum Gasteiger partial charge on any atom is -0.850 e. The topological polar surface area (TPSA) is 136 Å². The molecule has 8 aliphatic rings. The summed E-state index contributed by atoms with van der Waals surface area (Å²) in [5.74, 6) is 2.79. The number of likely N-dealkylation sites (tertiary alicyclic amines) is 1. The zero-order chi connectivity index (χ0) is 39.9. The van der Waals surface area contributed by atoms with Crippen molar-refractivity contribution in [3.8, 4) is 0 Å². The summed E-state index contributed by atoms with van der Waals surface area (Å²) in [6.07, 6.45) is 12.6. The first-order valence-corrected chi connectivity index (χ1v) is 22.2. The Morgan fingerprint density at radius 3 is 2.38 bits per heavy atom. The lowest BCUT2D eigenvalue weighted by Gasteiger charge is -2.74. The fourth-order valence-electron chi connectivity index (χ4n) is 15.3. The molecule has 55 heavy (non-hydrogen) atoms. The number of Topliss-reactive ketones (excluding diaryl/α,β-unsaturated/α-hetero) is 1. The third-order valence-electron chi connectivity index (χ3n) is 19.1. The van der Waals surface area contributed by atoms with E-state index in [0.717, 1.165) is 88.3 Å². The van der Waals surface area contributed by atoms with Crippen molar-refractivity contribution in [3.05, 3.63) is 23.3 Å². The van der Waals surface area contributed by atoms with Crippen molar-refractivity contribution in [2.75, 3.05) is 19.6 Å². The minimum absolute atomic E-state index is 0.0357. The lowest BCUT2D eigenvalue weighted by Crippen LogP contribution is -2.76. The number of carbonyl (C=O) groups is 2. The first-order chi connectivity index (χ1) is 25.5. The van der Waals surface area contributed by atoms with Crippen molar-refractivity contribution < 1.29 is 29.6 Å². The molecule has 0 aromatic heterocycles. The lowest BCUT2D eigenvalue weighted by atomic mass is 9.32. The molecule has 0 aromatic rings. The number of hydrogen-bond acceptors (Lipinski definition) is 7. The highest BCUT2D eigenvalue weighted by atomic mass is 16.6. The van der Waals surface area contributed by atoms with Crippen LogP contribution in [0.3, 0.4) is 0 Å². The van der Waals surface area contributed by atoms with Crippen LogP contribution in [0.2, 0.25) is 0 Å². The monoisotopic (exact) mass is 762 g/mol. The Kier molecular flexibility index (Phi) is 9.47. The summed E-state index contributed by atoms with van der Waals surface area (Å²) in [6, 6.07) is 0. The fourth-order valence-corrected chi connectivity index (χ4v) is 15.3. The number of carboxylic acid groups (broad SMARTS) is 1. The van der Waals surface area contributed by atoms with E-state index < -0.39 is 34.7 Å². The van der Waals surface area contributed by atoms with Gasteiger partial charge in [-0.2, -0.15) is 0 Å². The number of aliphatic carboxylic acids is 1. The summed E-state index contributed by atoms with van der Waals surface area (Å²) in [7, 11) is 0. The number of allylic oxidation sites excluding steroid dienone is 2. The number of ketones is 1. The highest BCUT2D eigenvalue weighted by Crippen LogP contribution is 2.76. The Balaban J connectivity index is 1.08. The third-order valence-corrected chi connectivity index (χ3v) is 19.1. The van der Waals surface area contributed by atoms with Crippen LogP contribution in [-0.2, 0) is 14.3 Å². The maximum atomic E-state index is 15.1. The molecule has 0 amide bonds. The van der Waals surface area contributed by atoms with Gasteiger partial charge >= 0.3 is 5.97 Å². The Hall–Kier alpha value is -1.58. The van der Waals surface area contributed by atoms with Gasteiger partial charge in [-0.15, -0.1) is 6.10 Å². The number of fused-ring (bicyclic) bond motifs is 10.